The third-order valence-corrected chi connectivity index (χ3v) is 5.07. The lowest BCUT2D eigenvalue weighted by atomic mass is 10.0. The molecule has 0 saturated carbocycles. The molecule has 2 aliphatic heterocycles. The van der Waals surface area contributed by atoms with E-state index in [4.69, 9.17) is 9.47 Å². The molecule has 1 aromatic rings. The van der Waals surface area contributed by atoms with Gasteiger partial charge in [-0.1, -0.05) is 37.3 Å². The first-order valence-electron chi connectivity index (χ1n) is 9.76. The number of rotatable bonds is 5. The van der Waals surface area contributed by atoms with Crippen LogP contribution in [-0.2, 0) is 20.7 Å². The molecular weight excluding hydrogens is 342 g/mol. The van der Waals surface area contributed by atoms with Gasteiger partial charge in [-0.2, -0.15) is 0 Å². The Morgan fingerprint density at radius 2 is 2.07 bits per heavy atom. The Hall–Kier alpha value is -2.32. The van der Waals surface area contributed by atoms with E-state index in [0.29, 0.717) is 19.3 Å². The van der Waals surface area contributed by atoms with E-state index in [1.165, 1.54) is 11.3 Å². The fraction of sp³-hybridized carbons (Fsp3) is 0.545. The average Bonchev–Trinajstić information content (AvgIpc) is 3.06. The highest BCUT2D eigenvalue weighted by atomic mass is 16.6. The normalized spacial score (nSPS) is 23.3. The molecule has 2 amide bonds. The Morgan fingerprint density at radius 1 is 1.26 bits per heavy atom. The summed E-state index contributed by atoms with van der Waals surface area (Å²) in [5.74, 6) is 5.67. The van der Waals surface area contributed by atoms with E-state index in [0.717, 1.165) is 25.0 Å². The molecule has 0 aromatic heterocycles. The van der Waals surface area contributed by atoms with Gasteiger partial charge < -0.3 is 9.47 Å². The highest BCUT2D eigenvalue weighted by Gasteiger charge is 2.39. The van der Waals surface area contributed by atoms with Crippen LogP contribution in [0.15, 0.2) is 30.3 Å². The smallest absolute Gasteiger partial charge is 0.416 e. The van der Waals surface area contributed by atoms with Crippen LogP contribution in [0.5, 0.6) is 0 Å². The van der Waals surface area contributed by atoms with Gasteiger partial charge >= 0.3 is 6.09 Å². The van der Waals surface area contributed by atoms with Crippen molar-refractivity contribution in [2.24, 2.45) is 5.92 Å². The summed E-state index contributed by atoms with van der Waals surface area (Å²) in [5.41, 5.74) is 1.08. The number of cyclic esters (lactones) is 1. The fourth-order valence-corrected chi connectivity index (χ4v) is 3.47. The number of carbonyl (C=O) groups excluding carboxylic acids is 2. The maximum atomic E-state index is 12.8. The quantitative estimate of drug-likeness (QED) is 0.745. The predicted octanol–water partition coefficient (Wildman–Crippen LogP) is 3.57. The lowest BCUT2D eigenvalue weighted by Gasteiger charge is -2.22. The number of nitrogens with zero attached hydrogens (tertiary/aromatic N) is 1. The second kappa shape index (κ2) is 9.57. The van der Waals surface area contributed by atoms with Crippen molar-refractivity contribution in [2.45, 2.75) is 57.6 Å². The number of hydrogen-bond donors (Lipinski definition) is 0. The van der Waals surface area contributed by atoms with Gasteiger partial charge in [-0.05, 0) is 31.2 Å². The van der Waals surface area contributed by atoms with Crippen LogP contribution in [0.4, 0.5) is 4.79 Å². The Kier molecular flexibility index (Phi) is 6.89. The number of hydrogen-bond acceptors (Lipinski definition) is 4. The van der Waals surface area contributed by atoms with Crippen LogP contribution in [0.25, 0.3) is 0 Å². The van der Waals surface area contributed by atoms with Gasteiger partial charge in [0.1, 0.15) is 6.61 Å². The highest BCUT2D eigenvalue weighted by Crippen LogP contribution is 2.21. The first kappa shape index (κ1) is 19.4. The molecule has 2 fully saturated rings. The Morgan fingerprint density at radius 3 is 2.81 bits per heavy atom. The minimum atomic E-state index is -0.545. The van der Waals surface area contributed by atoms with Crippen molar-refractivity contribution in [3.63, 3.8) is 0 Å². The summed E-state index contributed by atoms with van der Waals surface area (Å²) < 4.78 is 10.8. The zero-order chi connectivity index (χ0) is 19.1. The molecule has 1 aromatic carbocycles. The Labute approximate surface area is 161 Å². The maximum absolute atomic E-state index is 12.8. The van der Waals surface area contributed by atoms with Gasteiger partial charge in [-0.15, -0.1) is 11.8 Å². The summed E-state index contributed by atoms with van der Waals surface area (Å²) in [5, 5.41) is 0. The van der Waals surface area contributed by atoms with Crippen molar-refractivity contribution in [3.05, 3.63) is 35.9 Å². The van der Waals surface area contributed by atoms with E-state index >= 15 is 0 Å². The van der Waals surface area contributed by atoms with Crippen molar-refractivity contribution < 1.29 is 19.1 Å². The fourth-order valence-electron chi connectivity index (χ4n) is 3.47. The molecule has 0 bridgehead atoms. The second-order valence-corrected chi connectivity index (χ2v) is 7.28. The van der Waals surface area contributed by atoms with Crippen molar-refractivity contribution in [1.29, 1.82) is 0 Å². The minimum Gasteiger partial charge on any atom is -0.447 e. The molecule has 27 heavy (non-hydrogen) atoms. The number of benzene rings is 1. The molecule has 3 rings (SSSR count). The summed E-state index contributed by atoms with van der Waals surface area (Å²) in [4.78, 5) is 26.2. The topological polar surface area (TPSA) is 55.8 Å². The van der Waals surface area contributed by atoms with Crippen LogP contribution in [-0.4, -0.2) is 42.3 Å². The van der Waals surface area contributed by atoms with Gasteiger partial charge in [0.05, 0.1) is 12.1 Å². The van der Waals surface area contributed by atoms with E-state index < -0.39 is 6.09 Å². The number of ether oxygens (including phenoxy) is 2. The number of imide groups is 1. The van der Waals surface area contributed by atoms with Crippen molar-refractivity contribution >= 4 is 12.0 Å². The highest BCUT2D eigenvalue weighted by molar-refractivity contribution is 5.94. The zero-order valence-corrected chi connectivity index (χ0v) is 15.9. The molecule has 0 aliphatic carbocycles. The van der Waals surface area contributed by atoms with Crippen LogP contribution in [0, 0.1) is 17.8 Å². The summed E-state index contributed by atoms with van der Waals surface area (Å²) in [6, 6.07) is 9.59. The van der Waals surface area contributed by atoms with E-state index in [1.54, 1.807) is 0 Å². The van der Waals surface area contributed by atoms with Crippen LogP contribution in [0.3, 0.4) is 0 Å². The SMILES string of the molecule is C[C@H](CC#CCC1CCCCO1)C(=O)N1C(=O)OC[C@@H]1Cc1ccccc1. The largest absolute Gasteiger partial charge is 0.447 e. The van der Waals surface area contributed by atoms with Crippen molar-refractivity contribution in [1.82, 2.24) is 4.90 Å². The van der Waals surface area contributed by atoms with Gasteiger partial charge in [0.25, 0.3) is 0 Å². The summed E-state index contributed by atoms with van der Waals surface area (Å²) in [7, 11) is 0. The maximum Gasteiger partial charge on any atom is 0.416 e. The summed E-state index contributed by atoms with van der Waals surface area (Å²) >= 11 is 0. The van der Waals surface area contributed by atoms with Gasteiger partial charge in [0.2, 0.25) is 5.91 Å². The van der Waals surface area contributed by atoms with Crippen molar-refractivity contribution in [2.75, 3.05) is 13.2 Å². The lowest BCUT2D eigenvalue weighted by molar-refractivity contribution is -0.132. The second-order valence-electron chi connectivity index (χ2n) is 7.28. The molecule has 0 N–H and O–H groups in total. The number of amides is 2. The van der Waals surface area contributed by atoms with Gasteiger partial charge in [-0.25, -0.2) is 9.69 Å². The van der Waals surface area contributed by atoms with E-state index in [2.05, 4.69) is 11.8 Å². The molecule has 2 saturated heterocycles. The van der Waals surface area contributed by atoms with Crippen LogP contribution < -0.4 is 0 Å². The van der Waals surface area contributed by atoms with Crippen LogP contribution in [0.1, 0.15) is 44.6 Å². The lowest BCUT2D eigenvalue weighted by Crippen LogP contribution is -2.42. The van der Waals surface area contributed by atoms with Crippen LogP contribution >= 0.6 is 0 Å². The molecule has 2 heterocycles. The molecule has 0 spiro atoms. The predicted molar refractivity (Wildman–Crippen MR) is 102 cm³/mol. The molecular formula is C22H27NO4. The summed E-state index contributed by atoms with van der Waals surface area (Å²) in [6.45, 7) is 2.89. The average molecular weight is 369 g/mol. The molecule has 5 nitrogen and oxygen atoms in total. The van der Waals surface area contributed by atoms with Crippen LogP contribution in [0.2, 0.25) is 0 Å². The minimum absolute atomic E-state index is 0.207. The Balaban J connectivity index is 1.53. The Bertz CT molecular complexity index is 700. The van der Waals surface area contributed by atoms with Gasteiger partial charge in [0.15, 0.2) is 0 Å². The third kappa shape index (κ3) is 5.33. The molecule has 1 unspecified atom stereocenters. The van der Waals surface area contributed by atoms with Crippen molar-refractivity contribution in [3.8, 4) is 11.8 Å². The first-order valence-corrected chi connectivity index (χ1v) is 9.76. The third-order valence-electron chi connectivity index (χ3n) is 5.07. The first-order chi connectivity index (χ1) is 13.1. The molecule has 2 aliphatic rings. The number of carbonyl (C=O) groups is 2. The van der Waals surface area contributed by atoms with Gasteiger partial charge in [-0.3, -0.25) is 4.79 Å². The monoisotopic (exact) mass is 369 g/mol. The molecule has 5 heteroatoms. The van der Waals surface area contributed by atoms with E-state index in [1.807, 2.05) is 37.3 Å². The zero-order valence-electron chi connectivity index (χ0n) is 15.9. The molecule has 144 valence electrons. The molecule has 3 atom stereocenters. The van der Waals surface area contributed by atoms with E-state index in [-0.39, 0.29) is 30.6 Å². The summed E-state index contributed by atoms with van der Waals surface area (Å²) in [6.07, 6.45) is 4.82. The van der Waals surface area contributed by atoms with Gasteiger partial charge in [0, 0.05) is 25.4 Å². The molecule has 0 radical (unpaired) electrons. The standard InChI is InChI=1S/C22H27NO4/c1-17(9-5-6-12-20-13-7-8-14-26-20)21(24)23-19(16-27-22(23)25)15-18-10-3-2-4-11-18/h2-4,10-11,17,19-20H,7-9,12-16H2,1H3/t17-,19+,20?/m1/s1. The van der Waals surface area contributed by atoms with E-state index in [9.17, 15) is 9.59 Å².